The van der Waals surface area contributed by atoms with E-state index in [9.17, 15) is 13.2 Å². The normalized spacial score (nSPS) is 11.0. The number of hydrogen-bond donors (Lipinski definition) is 2. The van der Waals surface area contributed by atoms with Gasteiger partial charge in [0.2, 0.25) is 10.0 Å². The SMILES string of the molecule is CS(=O)(=O)Nc1cccc(NC(=O)c2ccccc2Cl)c1. The summed E-state index contributed by atoms with van der Waals surface area (Å²) in [5.74, 6) is -0.364. The van der Waals surface area contributed by atoms with Crippen LogP contribution in [-0.4, -0.2) is 20.6 Å². The first-order valence-electron chi connectivity index (χ1n) is 5.99. The molecule has 0 unspecified atom stereocenters. The summed E-state index contributed by atoms with van der Waals surface area (Å²) < 4.78 is 24.7. The Morgan fingerprint density at radius 2 is 1.71 bits per heavy atom. The number of anilines is 2. The van der Waals surface area contributed by atoms with Crippen LogP contribution >= 0.6 is 11.6 Å². The lowest BCUT2D eigenvalue weighted by molar-refractivity contribution is 0.102. The van der Waals surface area contributed by atoms with E-state index in [0.717, 1.165) is 6.26 Å². The van der Waals surface area contributed by atoms with Crippen LogP contribution < -0.4 is 10.0 Å². The molecule has 0 aliphatic heterocycles. The van der Waals surface area contributed by atoms with Gasteiger partial charge in [-0.1, -0.05) is 29.8 Å². The van der Waals surface area contributed by atoms with Crippen LogP contribution in [0, 0.1) is 0 Å². The summed E-state index contributed by atoms with van der Waals surface area (Å²) in [6, 6.07) is 13.1. The second kappa shape index (κ2) is 6.15. The number of amides is 1. The summed E-state index contributed by atoms with van der Waals surface area (Å²) in [5, 5.41) is 3.01. The van der Waals surface area contributed by atoms with Crippen molar-refractivity contribution in [2.75, 3.05) is 16.3 Å². The molecule has 7 heteroatoms. The third-order valence-corrected chi connectivity index (χ3v) is 3.48. The second-order valence-corrected chi connectivity index (χ2v) is 6.54. The van der Waals surface area contributed by atoms with Crippen molar-refractivity contribution < 1.29 is 13.2 Å². The lowest BCUT2D eigenvalue weighted by atomic mass is 10.2. The maximum Gasteiger partial charge on any atom is 0.257 e. The Labute approximate surface area is 128 Å². The average molecular weight is 325 g/mol. The van der Waals surface area contributed by atoms with Crippen LogP contribution in [0.15, 0.2) is 48.5 Å². The number of benzene rings is 2. The van der Waals surface area contributed by atoms with Crippen molar-refractivity contribution in [2.24, 2.45) is 0 Å². The summed E-state index contributed by atoms with van der Waals surface area (Å²) in [7, 11) is -3.37. The zero-order valence-corrected chi connectivity index (χ0v) is 12.7. The van der Waals surface area contributed by atoms with Gasteiger partial charge in [0.25, 0.3) is 5.91 Å². The van der Waals surface area contributed by atoms with E-state index < -0.39 is 10.0 Å². The van der Waals surface area contributed by atoms with Gasteiger partial charge in [0.05, 0.1) is 22.5 Å². The van der Waals surface area contributed by atoms with Gasteiger partial charge in [-0.05, 0) is 30.3 Å². The summed E-state index contributed by atoms with van der Waals surface area (Å²) in [4.78, 5) is 12.1. The number of carbonyl (C=O) groups excluding carboxylic acids is 1. The Bertz CT molecular complexity index is 775. The molecule has 2 aromatic carbocycles. The first-order valence-corrected chi connectivity index (χ1v) is 8.26. The highest BCUT2D eigenvalue weighted by Crippen LogP contribution is 2.19. The minimum Gasteiger partial charge on any atom is -0.322 e. The van der Waals surface area contributed by atoms with Crippen molar-refractivity contribution in [3.8, 4) is 0 Å². The van der Waals surface area contributed by atoms with Crippen molar-refractivity contribution in [1.82, 2.24) is 0 Å². The van der Waals surface area contributed by atoms with Crippen molar-refractivity contribution in [1.29, 1.82) is 0 Å². The molecule has 0 bridgehead atoms. The monoisotopic (exact) mass is 324 g/mol. The quantitative estimate of drug-likeness (QED) is 0.908. The molecule has 0 aliphatic rings. The highest BCUT2D eigenvalue weighted by Gasteiger charge is 2.10. The fraction of sp³-hybridized carbons (Fsp3) is 0.0714. The minimum absolute atomic E-state index is 0.348. The highest BCUT2D eigenvalue weighted by atomic mass is 35.5. The standard InChI is InChI=1S/C14H13ClN2O3S/c1-21(19,20)17-11-6-4-5-10(9-11)16-14(18)12-7-2-3-8-13(12)15/h2-9,17H,1H3,(H,16,18). The first kappa shape index (κ1) is 15.3. The van der Waals surface area contributed by atoms with Crippen molar-refractivity contribution in [3.63, 3.8) is 0 Å². The van der Waals surface area contributed by atoms with Gasteiger partial charge in [0, 0.05) is 5.69 Å². The molecule has 0 fully saturated rings. The van der Waals surface area contributed by atoms with E-state index in [1.165, 1.54) is 6.07 Å². The molecule has 0 radical (unpaired) electrons. The molecule has 0 saturated heterocycles. The minimum atomic E-state index is -3.37. The molecule has 2 rings (SSSR count). The van der Waals surface area contributed by atoms with E-state index >= 15 is 0 Å². The molecule has 0 spiro atoms. The second-order valence-electron chi connectivity index (χ2n) is 4.39. The molecule has 0 saturated carbocycles. The molecule has 21 heavy (non-hydrogen) atoms. The van der Waals surface area contributed by atoms with Gasteiger partial charge in [-0.2, -0.15) is 0 Å². The molecule has 0 atom stereocenters. The number of carbonyl (C=O) groups is 1. The molecule has 0 aliphatic carbocycles. The van der Waals surface area contributed by atoms with E-state index in [1.54, 1.807) is 42.5 Å². The predicted octanol–water partition coefficient (Wildman–Crippen LogP) is 2.96. The van der Waals surface area contributed by atoms with Gasteiger partial charge < -0.3 is 5.32 Å². The Hall–Kier alpha value is -2.05. The number of hydrogen-bond acceptors (Lipinski definition) is 3. The number of sulfonamides is 1. The van der Waals surface area contributed by atoms with Crippen molar-refractivity contribution in [3.05, 3.63) is 59.1 Å². The van der Waals surface area contributed by atoms with E-state index in [1.807, 2.05) is 0 Å². The van der Waals surface area contributed by atoms with E-state index in [-0.39, 0.29) is 5.91 Å². The average Bonchev–Trinajstić information content (AvgIpc) is 2.37. The smallest absolute Gasteiger partial charge is 0.257 e. The summed E-state index contributed by atoms with van der Waals surface area (Å²) >= 11 is 5.95. The fourth-order valence-corrected chi connectivity index (χ4v) is 2.49. The van der Waals surface area contributed by atoms with Gasteiger partial charge >= 0.3 is 0 Å². The topological polar surface area (TPSA) is 75.3 Å². The zero-order chi connectivity index (χ0) is 15.5. The van der Waals surface area contributed by atoms with E-state index in [0.29, 0.717) is 22.0 Å². The lowest BCUT2D eigenvalue weighted by Gasteiger charge is -2.09. The maximum absolute atomic E-state index is 12.1. The van der Waals surface area contributed by atoms with Crippen LogP contribution in [0.3, 0.4) is 0 Å². The molecule has 0 aromatic heterocycles. The van der Waals surface area contributed by atoms with Crippen molar-refractivity contribution in [2.45, 2.75) is 0 Å². The van der Waals surface area contributed by atoms with Crippen LogP contribution in [0.2, 0.25) is 5.02 Å². The lowest BCUT2D eigenvalue weighted by Crippen LogP contribution is -2.13. The summed E-state index contributed by atoms with van der Waals surface area (Å²) in [5.41, 5.74) is 1.18. The Balaban J connectivity index is 2.19. The number of halogens is 1. The molecular weight excluding hydrogens is 312 g/mol. The van der Waals surface area contributed by atoms with E-state index in [4.69, 9.17) is 11.6 Å². The Morgan fingerprint density at radius 3 is 2.38 bits per heavy atom. The maximum atomic E-state index is 12.1. The van der Waals surface area contributed by atoms with Crippen LogP contribution in [0.4, 0.5) is 11.4 Å². The van der Waals surface area contributed by atoms with E-state index in [2.05, 4.69) is 10.0 Å². The molecule has 1 amide bonds. The van der Waals surface area contributed by atoms with Gasteiger partial charge in [0.1, 0.15) is 0 Å². The fourth-order valence-electron chi connectivity index (χ4n) is 1.72. The van der Waals surface area contributed by atoms with Crippen molar-refractivity contribution >= 4 is 38.9 Å². The van der Waals surface area contributed by atoms with Crippen LogP contribution in [0.1, 0.15) is 10.4 Å². The van der Waals surface area contributed by atoms with Gasteiger partial charge in [-0.3, -0.25) is 9.52 Å². The van der Waals surface area contributed by atoms with Gasteiger partial charge in [0.15, 0.2) is 0 Å². The predicted molar refractivity (Wildman–Crippen MR) is 84.3 cm³/mol. The van der Waals surface area contributed by atoms with Crippen LogP contribution in [0.5, 0.6) is 0 Å². The third-order valence-electron chi connectivity index (χ3n) is 2.54. The molecular formula is C14H13ClN2O3S. The molecule has 2 aromatic rings. The summed E-state index contributed by atoms with van der Waals surface area (Å²) in [6.07, 6.45) is 1.06. The Morgan fingerprint density at radius 1 is 1.05 bits per heavy atom. The van der Waals surface area contributed by atoms with Crippen LogP contribution in [-0.2, 0) is 10.0 Å². The van der Waals surface area contributed by atoms with Gasteiger partial charge in [-0.15, -0.1) is 0 Å². The molecule has 2 N–H and O–H groups in total. The molecule has 110 valence electrons. The molecule has 5 nitrogen and oxygen atoms in total. The number of nitrogens with one attached hydrogen (secondary N) is 2. The number of rotatable bonds is 4. The largest absolute Gasteiger partial charge is 0.322 e. The first-order chi connectivity index (χ1) is 9.85. The van der Waals surface area contributed by atoms with Gasteiger partial charge in [-0.25, -0.2) is 8.42 Å². The zero-order valence-electron chi connectivity index (χ0n) is 11.1. The molecule has 0 heterocycles. The highest BCUT2D eigenvalue weighted by molar-refractivity contribution is 7.92. The Kier molecular flexibility index (Phi) is 4.50. The summed E-state index contributed by atoms with van der Waals surface area (Å²) in [6.45, 7) is 0. The van der Waals surface area contributed by atoms with Crippen LogP contribution in [0.25, 0.3) is 0 Å². The third kappa shape index (κ3) is 4.47.